The van der Waals surface area contributed by atoms with E-state index in [0.29, 0.717) is 6.16 Å². The molecule has 0 saturated heterocycles. The molecule has 0 spiro atoms. The largest absolute Gasteiger partial charge is 0.388 e. The number of aliphatic hydroxyl groups excluding tert-OH is 1. The van der Waals surface area contributed by atoms with Gasteiger partial charge < -0.3 is 9.67 Å². The van der Waals surface area contributed by atoms with E-state index in [-0.39, 0.29) is 0 Å². The first-order valence-corrected chi connectivity index (χ1v) is 7.05. The van der Waals surface area contributed by atoms with E-state index in [1.807, 2.05) is 30.3 Å². The number of rotatable bonds is 3. The summed E-state index contributed by atoms with van der Waals surface area (Å²) >= 11 is 0. The topological polar surface area (TPSA) is 37.3 Å². The average Bonchev–Trinajstić information content (AvgIpc) is 2.03. The molecule has 0 aliphatic heterocycles. The summed E-state index contributed by atoms with van der Waals surface area (Å²) in [7, 11) is -2.14. The third-order valence-electron chi connectivity index (χ3n) is 1.80. The minimum absolute atomic E-state index is 0.358. The summed E-state index contributed by atoms with van der Waals surface area (Å²) < 4.78 is 11.4. The Hall–Kier alpha value is -0.590. The highest BCUT2D eigenvalue weighted by molar-refractivity contribution is 7.62. The van der Waals surface area contributed by atoms with Gasteiger partial charge in [0, 0.05) is 6.16 Å². The molecule has 1 unspecified atom stereocenters. The maximum Gasteiger partial charge on any atom is 0.0858 e. The maximum atomic E-state index is 11.4. The molecule has 0 radical (unpaired) electrons. The molecular formula is C10H15O2P. The molecule has 2 nitrogen and oxygen atoms in total. The molecule has 0 heterocycles. The number of benzene rings is 1. The van der Waals surface area contributed by atoms with E-state index in [1.54, 1.807) is 13.3 Å². The van der Waals surface area contributed by atoms with Crippen LogP contribution >= 0.6 is 7.14 Å². The third-order valence-corrected chi connectivity index (χ3v) is 3.02. The molecule has 0 fully saturated rings. The lowest BCUT2D eigenvalue weighted by Gasteiger charge is -2.13. The van der Waals surface area contributed by atoms with Gasteiger partial charge in [-0.25, -0.2) is 0 Å². The van der Waals surface area contributed by atoms with Gasteiger partial charge in [0.15, 0.2) is 0 Å². The number of aliphatic hydroxyl groups is 1. The SMILES string of the molecule is CP(C)(=O)CC(O)c1ccccc1. The molecule has 1 aromatic rings. The van der Waals surface area contributed by atoms with Crippen LogP contribution in [0.4, 0.5) is 0 Å². The van der Waals surface area contributed by atoms with Crippen LogP contribution in [0.3, 0.4) is 0 Å². The average molecular weight is 198 g/mol. The first-order valence-electron chi connectivity index (χ1n) is 4.26. The van der Waals surface area contributed by atoms with Crippen LogP contribution < -0.4 is 0 Å². The van der Waals surface area contributed by atoms with Gasteiger partial charge in [0.25, 0.3) is 0 Å². The van der Waals surface area contributed by atoms with Crippen LogP contribution in [0.1, 0.15) is 11.7 Å². The smallest absolute Gasteiger partial charge is 0.0858 e. The van der Waals surface area contributed by atoms with Gasteiger partial charge in [-0.1, -0.05) is 30.3 Å². The summed E-state index contributed by atoms with van der Waals surface area (Å²) in [4.78, 5) is 0. The molecule has 13 heavy (non-hydrogen) atoms. The van der Waals surface area contributed by atoms with Crippen LogP contribution in [-0.2, 0) is 4.57 Å². The van der Waals surface area contributed by atoms with Crippen molar-refractivity contribution >= 4 is 7.14 Å². The number of hydrogen-bond donors (Lipinski definition) is 1. The van der Waals surface area contributed by atoms with Crippen molar-refractivity contribution in [2.75, 3.05) is 19.5 Å². The van der Waals surface area contributed by atoms with Crippen LogP contribution in [0, 0.1) is 0 Å². The molecule has 0 bridgehead atoms. The van der Waals surface area contributed by atoms with Crippen LogP contribution in [0.5, 0.6) is 0 Å². The van der Waals surface area contributed by atoms with E-state index in [2.05, 4.69) is 0 Å². The van der Waals surface area contributed by atoms with Gasteiger partial charge >= 0.3 is 0 Å². The Balaban J connectivity index is 2.70. The van der Waals surface area contributed by atoms with E-state index in [4.69, 9.17) is 0 Å². The Morgan fingerprint density at radius 1 is 1.31 bits per heavy atom. The van der Waals surface area contributed by atoms with Crippen molar-refractivity contribution in [3.63, 3.8) is 0 Å². The molecule has 0 amide bonds. The second-order valence-electron chi connectivity index (χ2n) is 3.68. The Morgan fingerprint density at radius 2 is 1.85 bits per heavy atom. The van der Waals surface area contributed by atoms with Crippen molar-refractivity contribution in [2.24, 2.45) is 0 Å². The molecule has 1 atom stereocenters. The Labute approximate surface area is 79.0 Å². The van der Waals surface area contributed by atoms with Gasteiger partial charge in [-0.3, -0.25) is 0 Å². The van der Waals surface area contributed by atoms with Crippen molar-refractivity contribution < 1.29 is 9.67 Å². The van der Waals surface area contributed by atoms with Gasteiger partial charge in [0.05, 0.1) is 13.2 Å². The summed E-state index contributed by atoms with van der Waals surface area (Å²) in [6.07, 6.45) is -0.237. The highest BCUT2D eigenvalue weighted by Gasteiger charge is 2.15. The lowest BCUT2D eigenvalue weighted by molar-refractivity contribution is 0.201. The van der Waals surface area contributed by atoms with Crippen molar-refractivity contribution in [3.8, 4) is 0 Å². The van der Waals surface area contributed by atoms with Crippen molar-refractivity contribution in [1.29, 1.82) is 0 Å². The van der Waals surface area contributed by atoms with E-state index < -0.39 is 13.2 Å². The first-order chi connectivity index (χ1) is 5.99. The fourth-order valence-electron chi connectivity index (χ4n) is 1.20. The zero-order chi connectivity index (χ0) is 9.90. The summed E-state index contributed by atoms with van der Waals surface area (Å²) in [5.74, 6) is 0. The molecule has 1 aromatic carbocycles. The zero-order valence-electron chi connectivity index (χ0n) is 7.97. The molecule has 0 saturated carbocycles. The normalized spacial score (nSPS) is 14.1. The molecule has 0 aromatic heterocycles. The monoisotopic (exact) mass is 198 g/mol. The molecule has 1 rings (SSSR count). The molecule has 0 aliphatic carbocycles. The third kappa shape index (κ3) is 3.75. The van der Waals surface area contributed by atoms with Crippen molar-refractivity contribution in [1.82, 2.24) is 0 Å². The van der Waals surface area contributed by atoms with Crippen molar-refractivity contribution in [2.45, 2.75) is 6.10 Å². The van der Waals surface area contributed by atoms with Crippen LogP contribution in [0.25, 0.3) is 0 Å². The molecular weight excluding hydrogens is 183 g/mol. The van der Waals surface area contributed by atoms with E-state index in [1.165, 1.54) is 0 Å². The summed E-state index contributed by atoms with van der Waals surface area (Å²) in [5, 5.41) is 9.68. The lowest BCUT2D eigenvalue weighted by Crippen LogP contribution is -2.02. The minimum atomic E-state index is -2.14. The first kappa shape index (κ1) is 10.5. The molecule has 72 valence electrons. The lowest BCUT2D eigenvalue weighted by atomic mass is 10.1. The summed E-state index contributed by atoms with van der Waals surface area (Å²) in [5.41, 5.74) is 0.839. The highest BCUT2D eigenvalue weighted by atomic mass is 31.2. The maximum absolute atomic E-state index is 11.4. The van der Waals surface area contributed by atoms with Gasteiger partial charge in [0.2, 0.25) is 0 Å². The van der Waals surface area contributed by atoms with Crippen LogP contribution in [-0.4, -0.2) is 24.6 Å². The summed E-state index contributed by atoms with van der Waals surface area (Å²) in [6, 6.07) is 9.33. The van der Waals surface area contributed by atoms with Crippen molar-refractivity contribution in [3.05, 3.63) is 35.9 Å². The van der Waals surface area contributed by atoms with Crippen LogP contribution in [0.2, 0.25) is 0 Å². The zero-order valence-corrected chi connectivity index (χ0v) is 8.87. The molecule has 3 heteroatoms. The molecule has 0 aliphatic rings. The minimum Gasteiger partial charge on any atom is -0.388 e. The Morgan fingerprint density at radius 3 is 2.31 bits per heavy atom. The van der Waals surface area contributed by atoms with Gasteiger partial charge in [-0.15, -0.1) is 0 Å². The predicted octanol–water partition coefficient (Wildman–Crippen LogP) is 2.34. The Bertz CT molecular complexity index is 302. The van der Waals surface area contributed by atoms with E-state index in [9.17, 15) is 9.67 Å². The second kappa shape index (κ2) is 4.08. The molecule has 1 N–H and O–H groups in total. The highest BCUT2D eigenvalue weighted by Crippen LogP contribution is 2.40. The fourth-order valence-corrected chi connectivity index (χ4v) is 2.24. The fraction of sp³-hybridized carbons (Fsp3) is 0.400. The van der Waals surface area contributed by atoms with Gasteiger partial charge in [-0.2, -0.15) is 0 Å². The Kier molecular flexibility index (Phi) is 3.29. The van der Waals surface area contributed by atoms with E-state index in [0.717, 1.165) is 5.56 Å². The van der Waals surface area contributed by atoms with Gasteiger partial charge in [-0.05, 0) is 18.9 Å². The van der Waals surface area contributed by atoms with Crippen LogP contribution in [0.15, 0.2) is 30.3 Å². The standard InChI is InChI=1S/C10H15O2P/c1-13(2,12)8-10(11)9-6-4-3-5-7-9/h3-7,10-11H,8H2,1-2H3. The second-order valence-corrected chi connectivity index (χ2v) is 7.20. The quantitative estimate of drug-likeness (QED) is 0.757. The predicted molar refractivity (Wildman–Crippen MR) is 55.7 cm³/mol. The summed E-state index contributed by atoms with van der Waals surface area (Å²) in [6.45, 7) is 3.39. The van der Waals surface area contributed by atoms with E-state index >= 15 is 0 Å². The van der Waals surface area contributed by atoms with Gasteiger partial charge in [0.1, 0.15) is 0 Å². The number of hydrogen-bond acceptors (Lipinski definition) is 2.